The van der Waals surface area contributed by atoms with Gasteiger partial charge in [-0.05, 0) is 42.3 Å². The van der Waals surface area contributed by atoms with Gasteiger partial charge < -0.3 is 14.8 Å². The van der Waals surface area contributed by atoms with Gasteiger partial charge in [-0.15, -0.1) is 0 Å². The first kappa shape index (κ1) is 23.5. The lowest BCUT2D eigenvalue weighted by Gasteiger charge is -2.11. The Labute approximate surface area is 201 Å². The minimum absolute atomic E-state index is 0.130. The van der Waals surface area contributed by atoms with Crippen LogP contribution in [0.25, 0.3) is 22.3 Å². The van der Waals surface area contributed by atoms with Crippen LogP contribution in [0.3, 0.4) is 0 Å². The number of carbonyl (C=O) groups is 1. The van der Waals surface area contributed by atoms with Crippen LogP contribution in [0.5, 0.6) is 11.5 Å². The van der Waals surface area contributed by atoms with Crippen molar-refractivity contribution < 1.29 is 18.7 Å². The minimum atomic E-state index is -0.371. The molecule has 0 saturated heterocycles. The zero-order chi connectivity index (χ0) is 23.9. The van der Waals surface area contributed by atoms with Crippen LogP contribution < -0.4 is 14.8 Å². The number of hydrogen-bond acceptors (Lipinski definition) is 6. The van der Waals surface area contributed by atoms with Crippen molar-refractivity contribution in [2.75, 3.05) is 26.5 Å². The Kier molecular flexibility index (Phi) is 7.59. The van der Waals surface area contributed by atoms with E-state index < -0.39 is 0 Å². The van der Waals surface area contributed by atoms with E-state index in [0.29, 0.717) is 46.2 Å². The van der Waals surface area contributed by atoms with Gasteiger partial charge in [-0.1, -0.05) is 48.2 Å². The first-order valence-corrected chi connectivity index (χ1v) is 11.7. The van der Waals surface area contributed by atoms with Gasteiger partial charge in [-0.25, -0.2) is 14.4 Å². The average Bonchev–Trinajstić information content (AvgIpc) is 2.87. The molecule has 0 radical (unpaired) electrons. The Morgan fingerprint density at radius 3 is 2.53 bits per heavy atom. The third-order valence-electron chi connectivity index (χ3n) is 5.18. The topological polar surface area (TPSA) is 73.3 Å². The zero-order valence-electron chi connectivity index (χ0n) is 18.9. The van der Waals surface area contributed by atoms with Crippen molar-refractivity contribution in [1.29, 1.82) is 0 Å². The van der Waals surface area contributed by atoms with Crippen molar-refractivity contribution in [3.63, 3.8) is 0 Å². The number of benzene rings is 3. The van der Waals surface area contributed by atoms with E-state index in [2.05, 4.69) is 15.3 Å². The fourth-order valence-corrected chi connectivity index (χ4v) is 4.31. The number of ether oxygens (including phenoxy) is 2. The van der Waals surface area contributed by atoms with Crippen molar-refractivity contribution >= 4 is 28.6 Å². The van der Waals surface area contributed by atoms with E-state index in [4.69, 9.17) is 9.47 Å². The Bertz CT molecular complexity index is 1300. The number of methoxy groups -OCH3 is 2. The Morgan fingerprint density at radius 2 is 1.76 bits per heavy atom. The summed E-state index contributed by atoms with van der Waals surface area (Å²) >= 11 is 1.27. The lowest BCUT2D eigenvalue weighted by molar-refractivity contribution is -0.118. The van der Waals surface area contributed by atoms with E-state index in [0.717, 1.165) is 11.1 Å². The van der Waals surface area contributed by atoms with E-state index in [9.17, 15) is 9.18 Å². The van der Waals surface area contributed by atoms with Crippen LogP contribution in [-0.4, -0.2) is 42.4 Å². The van der Waals surface area contributed by atoms with Crippen LogP contribution in [0.4, 0.5) is 4.39 Å². The van der Waals surface area contributed by atoms with Crippen molar-refractivity contribution in [1.82, 2.24) is 15.3 Å². The van der Waals surface area contributed by atoms with E-state index in [1.165, 1.54) is 23.9 Å². The highest BCUT2D eigenvalue weighted by Gasteiger charge is 2.13. The molecule has 0 aliphatic rings. The highest BCUT2D eigenvalue weighted by molar-refractivity contribution is 8.00. The summed E-state index contributed by atoms with van der Waals surface area (Å²) in [6, 6.07) is 19.7. The predicted molar refractivity (Wildman–Crippen MR) is 132 cm³/mol. The summed E-state index contributed by atoms with van der Waals surface area (Å²) in [5, 5.41) is 4.08. The molecule has 0 aliphatic heterocycles. The van der Waals surface area contributed by atoms with Crippen molar-refractivity contribution in [2.24, 2.45) is 0 Å². The molecule has 4 aromatic rings. The number of hydrogen-bond donors (Lipinski definition) is 1. The molecule has 1 N–H and O–H groups in total. The zero-order valence-corrected chi connectivity index (χ0v) is 19.7. The number of halogens is 1. The van der Waals surface area contributed by atoms with E-state index in [1.54, 1.807) is 20.3 Å². The number of aromatic nitrogens is 2. The molecule has 174 valence electrons. The van der Waals surface area contributed by atoms with Gasteiger partial charge in [-0.2, -0.15) is 0 Å². The number of nitrogens with one attached hydrogen (secondary N) is 1. The molecule has 8 heteroatoms. The van der Waals surface area contributed by atoms with Crippen molar-refractivity contribution in [2.45, 2.75) is 11.4 Å². The molecule has 1 amide bonds. The molecule has 6 nitrogen and oxygen atoms in total. The molecule has 0 atom stereocenters. The number of nitrogens with zero attached hydrogens (tertiary/aromatic N) is 2. The average molecular weight is 478 g/mol. The highest BCUT2D eigenvalue weighted by Crippen LogP contribution is 2.29. The molecule has 1 aromatic heterocycles. The van der Waals surface area contributed by atoms with Crippen LogP contribution in [0.2, 0.25) is 0 Å². The molecule has 0 unspecified atom stereocenters. The molecule has 0 fully saturated rings. The van der Waals surface area contributed by atoms with Crippen LogP contribution in [-0.2, 0) is 11.2 Å². The molecule has 0 saturated carbocycles. The van der Waals surface area contributed by atoms with Gasteiger partial charge in [0.25, 0.3) is 0 Å². The smallest absolute Gasteiger partial charge is 0.230 e. The van der Waals surface area contributed by atoms with Gasteiger partial charge in [0.05, 0.1) is 25.5 Å². The Morgan fingerprint density at radius 1 is 0.971 bits per heavy atom. The second-order valence-corrected chi connectivity index (χ2v) is 8.42. The largest absolute Gasteiger partial charge is 0.493 e. The van der Waals surface area contributed by atoms with Gasteiger partial charge in [0.1, 0.15) is 10.8 Å². The van der Waals surface area contributed by atoms with Crippen LogP contribution in [0.15, 0.2) is 71.8 Å². The van der Waals surface area contributed by atoms with Crippen LogP contribution in [0.1, 0.15) is 5.56 Å². The summed E-state index contributed by atoms with van der Waals surface area (Å²) in [6.45, 7) is 0.475. The van der Waals surface area contributed by atoms with Crippen molar-refractivity contribution in [3.05, 3.63) is 78.1 Å². The summed E-state index contributed by atoms with van der Waals surface area (Å²) in [6.07, 6.45) is 0.649. The monoisotopic (exact) mass is 477 g/mol. The standard InChI is InChI=1S/C26H24FN3O3S/c1-32-22-11-8-17(14-23(22)33-2)12-13-28-24(31)16-34-26-20-15-19(27)9-10-21(20)29-25(30-26)18-6-4-3-5-7-18/h3-11,14-15H,12-13,16H2,1-2H3,(H,28,31). The normalized spacial score (nSPS) is 10.8. The van der Waals surface area contributed by atoms with E-state index >= 15 is 0 Å². The van der Waals surface area contributed by atoms with Gasteiger partial charge in [0.2, 0.25) is 5.91 Å². The molecule has 4 rings (SSSR count). The number of thioether (sulfide) groups is 1. The van der Waals surface area contributed by atoms with Gasteiger partial charge >= 0.3 is 0 Å². The molecule has 1 heterocycles. The first-order valence-electron chi connectivity index (χ1n) is 10.7. The molecular formula is C26H24FN3O3S. The van der Waals surface area contributed by atoms with Gasteiger partial charge in [0, 0.05) is 17.5 Å². The maximum Gasteiger partial charge on any atom is 0.230 e. The van der Waals surface area contributed by atoms with Crippen LogP contribution in [0, 0.1) is 5.82 Å². The molecule has 34 heavy (non-hydrogen) atoms. The number of amides is 1. The predicted octanol–water partition coefficient (Wildman–Crippen LogP) is 4.90. The molecule has 3 aromatic carbocycles. The van der Waals surface area contributed by atoms with Gasteiger partial charge in [0.15, 0.2) is 17.3 Å². The van der Waals surface area contributed by atoms with Crippen molar-refractivity contribution in [3.8, 4) is 22.9 Å². The summed E-state index contributed by atoms with van der Waals surface area (Å²) in [7, 11) is 3.18. The molecular weight excluding hydrogens is 453 g/mol. The summed E-state index contributed by atoms with van der Waals surface area (Å²) in [5.41, 5.74) is 2.51. The molecule has 0 spiro atoms. The third-order valence-corrected chi connectivity index (χ3v) is 6.17. The lowest BCUT2D eigenvalue weighted by atomic mass is 10.1. The fourth-order valence-electron chi connectivity index (χ4n) is 3.47. The number of fused-ring (bicyclic) bond motifs is 1. The quantitative estimate of drug-likeness (QED) is 0.273. The Balaban J connectivity index is 1.42. The molecule has 0 bridgehead atoms. The van der Waals surface area contributed by atoms with Crippen LogP contribution >= 0.6 is 11.8 Å². The SMILES string of the molecule is COc1ccc(CCNC(=O)CSc2nc(-c3ccccc3)nc3ccc(F)cc23)cc1OC. The summed E-state index contributed by atoms with van der Waals surface area (Å²) in [5.74, 6) is 1.51. The van der Waals surface area contributed by atoms with E-state index in [-0.39, 0.29) is 17.5 Å². The molecule has 0 aliphatic carbocycles. The maximum atomic E-state index is 13.9. The summed E-state index contributed by atoms with van der Waals surface area (Å²) in [4.78, 5) is 21.7. The fraction of sp³-hybridized carbons (Fsp3) is 0.192. The first-order chi connectivity index (χ1) is 16.6. The van der Waals surface area contributed by atoms with E-state index in [1.807, 2.05) is 48.5 Å². The second-order valence-electron chi connectivity index (χ2n) is 7.46. The third kappa shape index (κ3) is 5.63. The number of rotatable bonds is 9. The second kappa shape index (κ2) is 11.0. The lowest BCUT2D eigenvalue weighted by Crippen LogP contribution is -2.27. The summed E-state index contributed by atoms with van der Waals surface area (Å²) < 4.78 is 24.5. The minimum Gasteiger partial charge on any atom is -0.493 e. The highest BCUT2D eigenvalue weighted by atomic mass is 32.2. The number of carbonyl (C=O) groups excluding carboxylic acids is 1. The Hall–Kier alpha value is -3.65. The maximum absolute atomic E-state index is 13.9. The van der Waals surface area contributed by atoms with Gasteiger partial charge in [-0.3, -0.25) is 4.79 Å².